The number of hydrogen-bond donors (Lipinski definition) is 1. The van der Waals surface area contributed by atoms with Crippen molar-refractivity contribution in [2.24, 2.45) is 0 Å². The van der Waals surface area contributed by atoms with Gasteiger partial charge in [-0.25, -0.2) is 9.37 Å². The molecule has 0 saturated heterocycles. The van der Waals surface area contributed by atoms with Crippen molar-refractivity contribution in [1.82, 2.24) is 20.2 Å². The third-order valence-corrected chi connectivity index (χ3v) is 5.58. The summed E-state index contributed by atoms with van der Waals surface area (Å²) in [5.41, 5.74) is 3.01. The number of amides is 1. The minimum Gasteiger partial charge on any atom is -0.447 e. The van der Waals surface area contributed by atoms with Crippen LogP contribution in [-0.2, 0) is 26.1 Å². The van der Waals surface area contributed by atoms with Crippen LogP contribution in [0.3, 0.4) is 0 Å². The van der Waals surface area contributed by atoms with E-state index in [1.54, 1.807) is 18.3 Å². The Kier molecular flexibility index (Phi) is 8.01. The smallest absolute Gasteiger partial charge is 0.273 e. The molecule has 0 saturated carbocycles. The van der Waals surface area contributed by atoms with Crippen LogP contribution in [0.2, 0.25) is 5.02 Å². The van der Waals surface area contributed by atoms with Crippen LogP contribution in [-0.4, -0.2) is 27.3 Å². The lowest BCUT2D eigenvalue weighted by atomic mass is 10.1. The first kappa shape index (κ1) is 23.6. The Bertz CT molecular complexity index is 1210. The quantitative estimate of drug-likeness (QED) is 0.346. The molecule has 34 heavy (non-hydrogen) atoms. The molecule has 2 aromatic heterocycles. The number of oxazole rings is 1. The number of rotatable bonds is 10. The first-order chi connectivity index (χ1) is 16.6. The maximum atomic E-state index is 13.3. The molecule has 174 valence electrons. The molecule has 0 aliphatic heterocycles. The van der Waals surface area contributed by atoms with Crippen molar-refractivity contribution in [3.8, 4) is 0 Å². The van der Waals surface area contributed by atoms with Crippen LogP contribution < -0.4 is 5.32 Å². The zero-order valence-electron chi connectivity index (χ0n) is 18.5. The van der Waals surface area contributed by atoms with Crippen molar-refractivity contribution < 1.29 is 13.6 Å². The van der Waals surface area contributed by atoms with Crippen molar-refractivity contribution in [3.05, 3.63) is 118 Å². The SMILES string of the molecule is O=C(NCCc1ccccn1)c1coc(CN(Cc2ccc(F)cc2)Cc2ccccc2Cl)n1. The number of carbonyl (C=O) groups excluding carboxylic acids is 1. The minimum absolute atomic E-state index is 0.218. The summed E-state index contributed by atoms with van der Waals surface area (Å²) in [6.45, 7) is 1.86. The molecule has 0 unspecified atom stereocenters. The van der Waals surface area contributed by atoms with Crippen LogP contribution in [0.4, 0.5) is 4.39 Å². The Morgan fingerprint density at radius 3 is 2.56 bits per heavy atom. The Labute approximate surface area is 202 Å². The number of nitrogens with zero attached hydrogens (tertiary/aromatic N) is 3. The highest BCUT2D eigenvalue weighted by Crippen LogP contribution is 2.20. The summed E-state index contributed by atoms with van der Waals surface area (Å²) in [6.07, 6.45) is 3.71. The van der Waals surface area contributed by atoms with Gasteiger partial charge < -0.3 is 9.73 Å². The summed E-state index contributed by atoms with van der Waals surface area (Å²) >= 11 is 6.36. The average Bonchev–Trinajstić information content (AvgIpc) is 3.31. The lowest BCUT2D eigenvalue weighted by molar-refractivity contribution is 0.0949. The molecule has 0 atom stereocenters. The lowest BCUT2D eigenvalue weighted by Crippen LogP contribution is -2.26. The van der Waals surface area contributed by atoms with E-state index in [0.29, 0.717) is 43.5 Å². The summed E-state index contributed by atoms with van der Waals surface area (Å²) in [6, 6.07) is 19.6. The van der Waals surface area contributed by atoms with Gasteiger partial charge in [-0.2, -0.15) is 0 Å². The summed E-state index contributed by atoms with van der Waals surface area (Å²) < 4.78 is 18.9. The molecule has 2 aromatic carbocycles. The molecule has 0 radical (unpaired) electrons. The average molecular weight is 479 g/mol. The maximum absolute atomic E-state index is 13.3. The summed E-state index contributed by atoms with van der Waals surface area (Å²) in [5, 5.41) is 3.50. The van der Waals surface area contributed by atoms with E-state index in [1.165, 1.54) is 18.4 Å². The predicted octanol–water partition coefficient (Wildman–Crippen LogP) is 5.04. The minimum atomic E-state index is -0.304. The van der Waals surface area contributed by atoms with E-state index in [0.717, 1.165) is 16.8 Å². The molecule has 2 heterocycles. The molecule has 0 aliphatic carbocycles. The van der Waals surface area contributed by atoms with Crippen LogP contribution in [0.1, 0.15) is 33.2 Å². The van der Waals surface area contributed by atoms with Gasteiger partial charge >= 0.3 is 0 Å². The van der Waals surface area contributed by atoms with Crippen molar-refractivity contribution in [2.45, 2.75) is 26.1 Å². The Morgan fingerprint density at radius 2 is 1.79 bits per heavy atom. The molecule has 1 amide bonds. The number of carbonyl (C=O) groups is 1. The van der Waals surface area contributed by atoms with E-state index in [1.807, 2.05) is 42.5 Å². The van der Waals surface area contributed by atoms with Gasteiger partial charge in [0.25, 0.3) is 5.91 Å². The van der Waals surface area contributed by atoms with Crippen LogP contribution in [0.5, 0.6) is 0 Å². The van der Waals surface area contributed by atoms with E-state index >= 15 is 0 Å². The molecule has 0 aliphatic rings. The molecule has 4 rings (SSSR count). The van der Waals surface area contributed by atoms with Gasteiger partial charge in [0.05, 0.1) is 6.54 Å². The Balaban J connectivity index is 1.40. The van der Waals surface area contributed by atoms with Crippen LogP contribution >= 0.6 is 11.6 Å². The molecule has 6 nitrogen and oxygen atoms in total. The van der Waals surface area contributed by atoms with Gasteiger partial charge in [0.15, 0.2) is 5.69 Å². The normalized spacial score (nSPS) is 11.0. The van der Waals surface area contributed by atoms with Crippen molar-refractivity contribution >= 4 is 17.5 Å². The van der Waals surface area contributed by atoms with Gasteiger partial charge in [0.1, 0.15) is 12.1 Å². The third kappa shape index (κ3) is 6.73. The highest BCUT2D eigenvalue weighted by atomic mass is 35.5. The molecular weight excluding hydrogens is 455 g/mol. The standard InChI is InChI=1S/C26H24ClFN4O2/c27-23-7-2-1-5-20(23)16-32(15-19-8-10-21(28)11-9-19)17-25-31-24(18-34-25)26(33)30-14-12-22-6-3-4-13-29-22/h1-11,13,18H,12,14-17H2,(H,30,33). The van der Waals surface area contributed by atoms with E-state index in [-0.39, 0.29) is 17.4 Å². The Morgan fingerprint density at radius 1 is 1.00 bits per heavy atom. The zero-order chi connectivity index (χ0) is 23.8. The summed E-state index contributed by atoms with van der Waals surface area (Å²) in [5.74, 6) is -0.182. The van der Waals surface area contributed by atoms with Crippen LogP contribution in [0.25, 0.3) is 0 Å². The van der Waals surface area contributed by atoms with Gasteiger partial charge in [0.2, 0.25) is 5.89 Å². The molecule has 1 N–H and O–H groups in total. The maximum Gasteiger partial charge on any atom is 0.273 e. The molecular formula is C26H24ClFN4O2. The van der Waals surface area contributed by atoms with Gasteiger partial charge in [-0.15, -0.1) is 0 Å². The first-order valence-electron chi connectivity index (χ1n) is 10.9. The number of pyridine rings is 1. The van der Waals surface area contributed by atoms with E-state index in [9.17, 15) is 9.18 Å². The first-order valence-corrected chi connectivity index (χ1v) is 11.3. The molecule has 0 spiro atoms. The molecule has 0 fully saturated rings. The van der Waals surface area contributed by atoms with Crippen molar-refractivity contribution in [3.63, 3.8) is 0 Å². The third-order valence-electron chi connectivity index (χ3n) is 5.21. The molecule has 8 heteroatoms. The highest BCUT2D eigenvalue weighted by Gasteiger charge is 2.16. The number of nitrogens with one attached hydrogen (secondary N) is 1. The van der Waals surface area contributed by atoms with Gasteiger partial charge in [0, 0.05) is 43.0 Å². The van der Waals surface area contributed by atoms with Crippen LogP contribution in [0.15, 0.2) is 83.6 Å². The monoisotopic (exact) mass is 478 g/mol. The van der Waals surface area contributed by atoms with Crippen molar-refractivity contribution in [2.75, 3.05) is 6.54 Å². The summed E-state index contributed by atoms with van der Waals surface area (Å²) in [4.78, 5) is 23.2. The van der Waals surface area contributed by atoms with Gasteiger partial charge in [-0.1, -0.05) is 48.0 Å². The second kappa shape index (κ2) is 11.5. The van der Waals surface area contributed by atoms with Crippen LogP contribution in [0, 0.1) is 5.82 Å². The van der Waals surface area contributed by atoms with E-state index in [4.69, 9.17) is 16.0 Å². The highest BCUT2D eigenvalue weighted by molar-refractivity contribution is 6.31. The number of hydrogen-bond acceptors (Lipinski definition) is 5. The second-order valence-electron chi connectivity index (χ2n) is 7.82. The number of benzene rings is 2. The molecule has 0 bridgehead atoms. The lowest BCUT2D eigenvalue weighted by Gasteiger charge is -2.21. The number of aromatic nitrogens is 2. The fourth-order valence-corrected chi connectivity index (χ4v) is 3.70. The van der Waals surface area contributed by atoms with Gasteiger partial charge in [-0.3, -0.25) is 14.7 Å². The van der Waals surface area contributed by atoms with E-state index < -0.39 is 0 Å². The number of halogens is 2. The fourth-order valence-electron chi connectivity index (χ4n) is 3.50. The van der Waals surface area contributed by atoms with E-state index in [2.05, 4.69) is 20.2 Å². The summed E-state index contributed by atoms with van der Waals surface area (Å²) in [7, 11) is 0. The second-order valence-corrected chi connectivity index (χ2v) is 8.22. The Hall–Kier alpha value is -3.55. The largest absolute Gasteiger partial charge is 0.447 e. The topological polar surface area (TPSA) is 71.3 Å². The van der Waals surface area contributed by atoms with Crippen molar-refractivity contribution in [1.29, 1.82) is 0 Å². The molecule has 4 aromatic rings. The zero-order valence-corrected chi connectivity index (χ0v) is 19.2. The predicted molar refractivity (Wildman–Crippen MR) is 128 cm³/mol. The van der Waals surface area contributed by atoms with Gasteiger partial charge in [-0.05, 0) is 41.5 Å². The fraction of sp³-hybridized carbons (Fsp3) is 0.192.